The number of carbonyl (C=O) groups excluding carboxylic acids is 1. The van der Waals surface area contributed by atoms with Gasteiger partial charge in [-0.2, -0.15) is 0 Å². The van der Waals surface area contributed by atoms with E-state index in [4.69, 9.17) is 0 Å². The summed E-state index contributed by atoms with van der Waals surface area (Å²) in [6.07, 6.45) is 1.97. The van der Waals surface area contributed by atoms with Crippen LogP contribution in [0.5, 0.6) is 0 Å². The highest BCUT2D eigenvalue weighted by Crippen LogP contribution is 2.20. The predicted molar refractivity (Wildman–Crippen MR) is 109 cm³/mol. The van der Waals surface area contributed by atoms with Crippen molar-refractivity contribution in [2.75, 3.05) is 25.4 Å². The Bertz CT molecular complexity index is 733. The Morgan fingerprint density at radius 2 is 1.93 bits per heavy atom. The lowest BCUT2D eigenvalue weighted by molar-refractivity contribution is -0.126. The molecule has 3 rings (SSSR count). The van der Waals surface area contributed by atoms with Crippen molar-refractivity contribution in [1.29, 1.82) is 0 Å². The van der Waals surface area contributed by atoms with E-state index in [0.29, 0.717) is 6.54 Å². The van der Waals surface area contributed by atoms with Gasteiger partial charge < -0.3 is 5.32 Å². The third kappa shape index (κ3) is 6.36. The zero-order valence-corrected chi connectivity index (χ0v) is 16.6. The summed E-state index contributed by atoms with van der Waals surface area (Å²) in [7, 11) is 0. The number of nitrogens with zero attached hydrogens (tertiary/aromatic N) is 1. The van der Waals surface area contributed by atoms with Gasteiger partial charge in [0.15, 0.2) is 0 Å². The van der Waals surface area contributed by atoms with Crippen molar-refractivity contribution < 1.29 is 9.18 Å². The summed E-state index contributed by atoms with van der Waals surface area (Å²) >= 11 is 1.77. The Balaban J connectivity index is 1.40. The SMILES string of the molecule is Cc1ccc(SCCNC(=O)[C@H]2CCCN(Cc3ccc(F)cc3)C2)cc1. The Kier molecular flexibility index (Phi) is 7.30. The monoisotopic (exact) mass is 386 g/mol. The molecule has 144 valence electrons. The highest BCUT2D eigenvalue weighted by molar-refractivity contribution is 7.99. The van der Waals surface area contributed by atoms with Gasteiger partial charge in [0.25, 0.3) is 0 Å². The van der Waals surface area contributed by atoms with E-state index in [1.807, 2.05) is 12.1 Å². The molecule has 0 spiro atoms. The molecule has 0 radical (unpaired) electrons. The molecule has 0 bridgehead atoms. The van der Waals surface area contributed by atoms with Crippen molar-refractivity contribution in [3.8, 4) is 0 Å². The van der Waals surface area contributed by atoms with Gasteiger partial charge in [-0.05, 0) is 56.1 Å². The molecule has 0 saturated carbocycles. The summed E-state index contributed by atoms with van der Waals surface area (Å²) in [5, 5.41) is 3.09. The highest BCUT2D eigenvalue weighted by Gasteiger charge is 2.25. The average Bonchev–Trinajstić information content (AvgIpc) is 2.68. The number of carbonyl (C=O) groups is 1. The van der Waals surface area contributed by atoms with Crippen LogP contribution < -0.4 is 5.32 Å². The van der Waals surface area contributed by atoms with Crippen molar-refractivity contribution in [3.63, 3.8) is 0 Å². The number of hydrogen-bond donors (Lipinski definition) is 1. The van der Waals surface area contributed by atoms with Crippen LogP contribution in [-0.2, 0) is 11.3 Å². The van der Waals surface area contributed by atoms with Gasteiger partial charge in [-0.1, -0.05) is 29.8 Å². The van der Waals surface area contributed by atoms with Gasteiger partial charge in [0.05, 0.1) is 5.92 Å². The number of benzene rings is 2. The first-order chi connectivity index (χ1) is 13.1. The van der Waals surface area contributed by atoms with Crippen LogP contribution in [0.25, 0.3) is 0 Å². The molecule has 0 aliphatic carbocycles. The molecule has 3 nitrogen and oxygen atoms in total. The number of rotatable bonds is 7. The summed E-state index contributed by atoms with van der Waals surface area (Å²) in [6.45, 7) is 5.30. The van der Waals surface area contributed by atoms with Gasteiger partial charge >= 0.3 is 0 Å². The normalized spacial score (nSPS) is 17.6. The molecule has 1 amide bonds. The van der Waals surface area contributed by atoms with Gasteiger partial charge in [-0.3, -0.25) is 9.69 Å². The molecule has 1 aliphatic heterocycles. The highest BCUT2D eigenvalue weighted by atomic mass is 32.2. The third-order valence-corrected chi connectivity index (χ3v) is 5.90. The Morgan fingerprint density at radius 1 is 1.19 bits per heavy atom. The number of nitrogens with one attached hydrogen (secondary N) is 1. The summed E-state index contributed by atoms with van der Waals surface area (Å²) in [5.41, 5.74) is 2.35. The molecule has 1 fully saturated rings. The largest absolute Gasteiger partial charge is 0.355 e. The number of halogens is 1. The van der Waals surface area contributed by atoms with Gasteiger partial charge in [0.2, 0.25) is 5.91 Å². The lowest BCUT2D eigenvalue weighted by atomic mass is 9.96. The minimum atomic E-state index is -0.210. The Hall–Kier alpha value is -1.85. The number of thioether (sulfide) groups is 1. The average molecular weight is 387 g/mol. The molecule has 1 atom stereocenters. The second kappa shape index (κ2) is 9.90. The topological polar surface area (TPSA) is 32.3 Å². The van der Waals surface area contributed by atoms with Crippen molar-refractivity contribution in [2.24, 2.45) is 5.92 Å². The fourth-order valence-electron chi connectivity index (χ4n) is 3.38. The first kappa shape index (κ1) is 19.9. The molecule has 2 aromatic carbocycles. The maximum Gasteiger partial charge on any atom is 0.224 e. The second-order valence-corrected chi connectivity index (χ2v) is 8.32. The number of piperidine rings is 1. The van der Waals surface area contributed by atoms with Crippen LogP contribution in [0.4, 0.5) is 4.39 Å². The van der Waals surface area contributed by atoms with E-state index in [9.17, 15) is 9.18 Å². The van der Waals surface area contributed by atoms with Crippen LogP contribution in [0.1, 0.15) is 24.0 Å². The maximum absolute atomic E-state index is 13.0. The van der Waals surface area contributed by atoms with Crippen molar-refractivity contribution in [1.82, 2.24) is 10.2 Å². The zero-order valence-electron chi connectivity index (χ0n) is 15.8. The maximum atomic E-state index is 13.0. The lowest BCUT2D eigenvalue weighted by Gasteiger charge is -2.32. The summed E-state index contributed by atoms with van der Waals surface area (Å²) in [4.78, 5) is 16.0. The van der Waals surface area contributed by atoms with Crippen molar-refractivity contribution in [2.45, 2.75) is 31.2 Å². The second-order valence-electron chi connectivity index (χ2n) is 7.15. The molecule has 1 saturated heterocycles. The molecule has 1 N–H and O–H groups in total. The van der Waals surface area contributed by atoms with Crippen LogP contribution in [0.2, 0.25) is 0 Å². The molecule has 0 aromatic heterocycles. The first-order valence-electron chi connectivity index (χ1n) is 9.54. The van der Waals surface area contributed by atoms with Gasteiger partial charge in [-0.25, -0.2) is 4.39 Å². The molecule has 27 heavy (non-hydrogen) atoms. The number of aryl methyl sites for hydroxylation is 1. The van der Waals surface area contributed by atoms with Gasteiger partial charge in [0, 0.05) is 30.3 Å². The molecule has 0 unspecified atom stereocenters. The quantitative estimate of drug-likeness (QED) is 0.570. The summed E-state index contributed by atoms with van der Waals surface area (Å²) in [6, 6.07) is 15.1. The van der Waals surface area contributed by atoms with Crippen molar-refractivity contribution in [3.05, 3.63) is 65.5 Å². The minimum absolute atomic E-state index is 0.0450. The van der Waals surface area contributed by atoms with Gasteiger partial charge in [-0.15, -0.1) is 11.8 Å². The summed E-state index contributed by atoms with van der Waals surface area (Å²) < 4.78 is 13.0. The molecule has 5 heteroatoms. The molecule has 1 aliphatic rings. The Morgan fingerprint density at radius 3 is 2.67 bits per heavy atom. The smallest absolute Gasteiger partial charge is 0.224 e. The number of amides is 1. The van der Waals surface area contributed by atoms with E-state index in [1.54, 1.807) is 11.8 Å². The predicted octanol–water partition coefficient (Wildman–Crippen LogP) is 4.25. The minimum Gasteiger partial charge on any atom is -0.355 e. The van der Waals surface area contributed by atoms with E-state index in [0.717, 1.165) is 43.8 Å². The Labute approximate surface area is 165 Å². The fourth-order valence-corrected chi connectivity index (χ4v) is 4.15. The van der Waals surface area contributed by atoms with E-state index >= 15 is 0 Å². The van der Waals surface area contributed by atoms with Crippen molar-refractivity contribution >= 4 is 17.7 Å². The third-order valence-electron chi connectivity index (χ3n) is 4.89. The molecule has 1 heterocycles. The van der Waals surface area contributed by atoms with Crippen LogP contribution in [0.3, 0.4) is 0 Å². The van der Waals surface area contributed by atoms with Crippen LogP contribution in [0.15, 0.2) is 53.4 Å². The van der Waals surface area contributed by atoms with E-state index < -0.39 is 0 Å². The van der Waals surface area contributed by atoms with E-state index in [1.165, 1.54) is 22.6 Å². The first-order valence-corrected chi connectivity index (χ1v) is 10.5. The standard InChI is InChI=1S/C22H27FN2OS/c1-17-4-10-21(11-5-17)27-14-12-24-22(26)19-3-2-13-25(16-19)15-18-6-8-20(23)9-7-18/h4-11,19H,2-3,12-16H2,1H3,(H,24,26)/t19-/m0/s1. The number of likely N-dealkylation sites (tertiary alicyclic amines) is 1. The lowest BCUT2D eigenvalue weighted by Crippen LogP contribution is -2.43. The molecular weight excluding hydrogens is 359 g/mol. The van der Waals surface area contributed by atoms with Crippen LogP contribution in [-0.4, -0.2) is 36.2 Å². The zero-order chi connectivity index (χ0) is 19.1. The summed E-state index contributed by atoms with van der Waals surface area (Å²) in [5.74, 6) is 0.867. The molecular formula is C22H27FN2OS. The molecule has 2 aromatic rings. The van der Waals surface area contributed by atoms with Crippen LogP contribution >= 0.6 is 11.8 Å². The number of hydrogen-bond acceptors (Lipinski definition) is 3. The van der Waals surface area contributed by atoms with E-state index in [-0.39, 0.29) is 17.6 Å². The van der Waals surface area contributed by atoms with Crippen LogP contribution in [0, 0.1) is 18.7 Å². The fraction of sp³-hybridized carbons (Fsp3) is 0.409. The van der Waals surface area contributed by atoms with E-state index in [2.05, 4.69) is 41.4 Å². The van der Waals surface area contributed by atoms with Gasteiger partial charge in [0.1, 0.15) is 5.82 Å².